The third kappa shape index (κ3) is 3.14. The van der Waals surface area contributed by atoms with Crippen LogP contribution in [0.5, 0.6) is 5.75 Å². The van der Waals surface area contributed by atoms with Gasteiger partial charge in [-0.3, -0.25) is 0 Å². The van der Waals surface area contributed by atoms with E-state index in [1.807, 2.05) is 25.1 Å². The predicted molar refractivity (Wildman–Crippen MR) is 81.7 cm³/mol. The molecule has 1 aliphatic rings. The Morgan fingerprint density at radius 2 is 2.00 bits per heavy atom. The minimum Gasteiger partial charge on any atom is -0.492 e. The number of anilines is 2. The number of nitrogens with two attached hydrogens (primary N) is 1. The van der Waals surface area contributed by atoms with E-state index in [4.69, 9.17) is 10.5 Å². The molecule has 19 heavy (non-hydrogen) atoms. The molecule has 106 valence electrons. The molecule has 1 saturated carbocycles. The molecular weight excluding hydrogens is 236 g/mol. The maximum absolute atomic E-state index is 6.15. The first-order chi connectivity index (χ1) is 9.21. The molecule has 1 fully saturated rings. The van der Waals surface area contributed by atoms with Gasteiger partial charge in [0.25, 0.3) is 0 Å². The Labute approximate surface area is 116 Å². The van der Waals surface area contributed by atoms with Crippen LogP contribution in [0.15, 0.2) is 18.2 Å². The number of ether oxygens (including phenoxy) is 1. The van der Waals surface area contributed by atoms with Gasteiger partial charge in [-0.2, -0.15) is 0 Å². The standard InChI is InChI=1S/C16H26N2O/c1-3-16(10-5-6-11-16)12-18-13-8-7-9-14(15(13)17)19-4-2/h7-9,18H,3-6,10-12,17H2,1-2H3. The Morgan fingerprint density at radius 3 is 2.63 bits per heavy atom. The van der Waals surface area contributed by atoms with Crippen molar-refractivity contribution in [1.82, 2.24) is 0 Å². The Bertz CT molecular complexity index is 411. The van der Waals surface area contributed by atoms with Crippen LogP contribution < -0.4 is 15.8 Å². The number of rotatable bonds is 6. The lowest BCUT2D eigenvalue weighted by Gasteiger charge is -2.28. The van der Waals surface area contributed by atoms with Gasteiger partial charge in [-0.25, -0.2) is 0 Å². The van der Waals surface area contributed by atoms with Gasteiger partial charge in [0.2, 0.25) is 0 Å². The van der Waals surface area contributed by atoms with Crippen molar-refractivity contribution in [1.29, 1.82) is 0 Å². The first-order valence-corrected chi connectivity index (χ1v) is 7.46. The van der Waals surface area contributed by atoms with Gasteiger partial charge in [-0.05, 0) is 43.7 Å². The van der Waals surface area contributed by atoms with E-state index >= 15 is 0 Å². The van der Waals surface area contributed by atoms with Crippen LogP contribution in [0.4, 0.5) is 11.4 Å². The summed E-state index contributed by atoms with van der Waals surface area (Å²) < 4.78 is 5.54. The van der Waals surface area contributed by atoms with Crippen LogP contribution >= 0.6 is 0 Å². The maximum Gasteiger partial charge on any atom is 0.144 e. The molecule has 0 atom stereocenters. The monoisotopic (exact) mass is 262 g/mol. The largest absolute Gasteiger partial charge is 0.492 e. The van der Waals surface area contributed by atoms with Crippen molar-refractivity contribution in [2.24, 2.45) is 5.41 Å². The first kappa shape index (κ1) is 14.0. The molecule has 3 heteroatoms. The summed E-state index contributed by atoms with van der Waals surface area (Å²) in [5.74, 6) is 0.782. The third-order valence-electron chi connectivity index (χ3n) is 4.43. The molecule has 1 aromatic carbocycles. The molecule has 0 unspecified atom stereocenters. The van der Waals surface area contributed by atoms with Crippen LogP contribution in [-0.2, 0) is 0 Å². The van der Waals surface area contributed by atoms with Crippen molar-refractivity contribution < 1.29 is 4.74 Å². The average Bonchev–Trinajstić information content (AvgIpc) is 2.89. The summed E-state index contributed by atoms with van der Waals surface area (Å²) in [6.07, 6.45) is 6.64. The van der Waals surface area contributed by atoms with Gasteiger partial charge in [-0.1, -0.05) is 25.8 Å². The van der Waals surface area contributed by atoms with Crippen LogP contribution in [0.2, 0.25) is 0 Å². The van der Waals surface area contributed by atoms with Gasteiger partial charge >= 0.3 is 0 Å². The van der Waals surface area contributed by atoms with Crippen molar-refractivity contribution in [2.75, 3.05) is 24.2 Å². The Morgan fingerprint density at radius 1 is 1.26 bits per heavy atom. The van der Waals surface area contributed by atoms with E-state index in [1.54, 1.807) is 0 Å². The summed E-state index contributed by atoms with van der Waals surface area (Å²) in [7, 11) is 0. The van der Waals surface area contributed by atoms with E-state index in [9.17, 15) is 0 Å². The lowest BCUT2D eigenvalue weighted by Crippen LogP contribution is -2.26. The zero-order valence-corrected chi connectivity index (χ0v) is 12.2. The highest BCUT2D eigenvalue weighted by molar-refractivity contribution is 5.72. The molecule has 1 aromatic rings. The summed E-state index contributed by atoms with van der Waals surface area (Å²) in [5, 5.41) is 3.54. The molecule has 0 aromatic heterocycles. The van der Waals surface area contributed by atoms with Gasteiger partial charge < -0.3 is 15.8 Å². The molecule has 0 aliphatic heterocycles. The van der Waals surface area contributed by atoms with Crippen molar-refractivity contribution >= 4 is 11.4 Å². The van der Waals surface area contributed by atoms with Gasteiger partial charge in [0.15, 0.2) is 0 Å². The van der Waals surface area contributed by atoms with E-state index in [-0.39, 0.29) is 0 Å². The second kappa shape index (κ2) is 6.18. The highest BCUT2D eigenvalue weighted by Crippen LogP contribution is 2.41. The second-order valence-electron chi connectivity index (χ2n) is 5.56. The molecule has 0 radical (unpaired) electrons. The van der Waals surface area contributed by atoms with Crippen molar-refractivity contribution in [3.05, 3.63) is 18.2 Å². The first-order valence-electron chi connectivity index (χ1n) is 7.46. The van der Waals surface area contributed by atoms with Gasteiger partial charge in [-0.15, -0.1) is 0 Å². The minimum atomic E-state index is 0.466. The fourth-order valence-corrected chi connectivity index (χ4v) is 3.04. The smallest absolute Gasteiger partial charge is 0.144 e. The normalized spacial score (nSPS) is 17.4. The maximum atomic E-state index is 6.15. The molecule has 0 heterocycles. The summed E-state index contributed by atoms with van der Waals surface area (Å²) in [4.78, 5) is 0. The van der Waals surface area contributed by atoms with Crippen molar-refractivity contribution in [3.8, 4) is 5.75 Å². The van der Waals surface area contributed by atoms with Crippen LogP contribution in [0, 0.1) is 5.41 Å². The number of hydrogen-bond acceptors (Lipinski definition) is 3. The quantitative estimate of drug-likeness (QED) is 0.760. The van der Waals surface area contributed by atoms with E-state index in [0.717, 1.165) is 23.7 Å². The molecule has 3 nitrogen and oxygen atoms in total. The third-order valence-corrected chi connectivity index (χ3v) is 4.43. The van der Waals surface area contributed by atoms with Crippen LogP contribution in [-0.4, -0.2) is 13.2 Å². The predicted octanol–water partition coefficient (Wildman–Crippen LogP) is 4.05. The number of nitrogen functional groups attached to an aromatic ring is 1. The van der Waals surface area contributed by atoms with Crippen LogP contribution in [0.1, 0.15) is 46.0 Å². The summed E-state index contributed by atoms with van der Waals surface area (Å²) >= 11 is 0. The summed E-state index contributed by atoms with van der Waals surface area (Å²) in [6, 6.07) is 5.96. The highest BCUT2D eigenvalue weighted by atomic mass is 16.5. The molecule has 0 spiro atoms. The van der Waals surface area contributed by atoms with E-state index < -0.39 is 0 Å². The summed E-state index contributed by atoms with van der Waals surface area (Å²) in [5.41, 5.74) is 8.35. The van der Waals surface area contributed by atoms with E-state index in [2.05, 4.69) is 12.2 Å². The highest BCUT2D eigenvalue weighted by Gasteiger charge is 2.31. The number of para-hydroxylation sites is 1. The number of hydrogen-bond donors (Lipinski definition) is 2. The molecular formula is C16H26N2O. The SMILES string of the molecule is CCOc1cccc(NCC2(CC)CCCC2)c1N. The second-order valence-corrected chi connectivity index (χ2v) is 5.56. The Balaban J connectivity index is 2.04. The number of nitrogens with one attached hydrogen (secondary N) is 1. The molecule has 3 N–H and O–H groups in total. The molecule has 0 bridgehead atoms. The van der Waals surface area contributed by atoms with Crippen LogP contribution in [0.3, 0.4) is 0 Å². The zero-order valence-electron chi connectivity index (χ0n) is 12.2. The lowest BCUT2D eigenvalue weighted by atomic mass is 9.83. The van der Waals surface area contributed by atoms with E-state index in [1.165, 1.54) is 32.1 Å². The minimum absolute atomic E-state index is 0.466. The van der Waals surface area contributed by atoms with E-state index in [0.29, 0.717) is 12.0 Å². The zero-order chi connectivity index (χ0) is 13.7. The Kier molecular flexibility index (Phi) is 4.56. The Hall–Kier alpha value is -1.38. The summed E-state index contributed by atoms with van der Waals surface area (Å²) in [6.45, 7) is 5.94. The van der Waals surface area contributed by atoms with Crippen molar-refractivity contribution in [2.45, 2.75) is 46.0 Å². The lowest BCUT2D eigenvalue weighted by molar-refractivity contribution is 0.306. The molecule has 1 aliphatic carbocycles. The van der Waals surface area contributed by atoms with Crippen LogP contribution in [0.25, 0.3) is 0 Å². The molecule has 0 saturated heterocycles. The van der Waals surface area contributed by atoms with Crippen molar-refractivity contribution in [3.63, 3.8) is 0 Å². The fraction of sp³-hybridized carbons (Fsp3) is 0.625. The molecule has 2 rings (SSSR count). The topological polar surface area (TPSA) is 47.3 Å². The van der Waals surface area contributed by atoms with Gasteiger partial charge in [0, 0.05) is 6.54 Å². The van der Waals surface area contributed by atoms with Gasteiger partial charge in [0.05, 0.1) is 18.0 Å². The molecule has 0 amide bonds. The number of benzene rings is 1. The van der Waals surface area contributed by atoms with Gasteiger partial charge in [0.1, 0.15) is 5.75 Å². The fourth-order valence-electron chi connectivity index (χ4n) is 3.04. The average molecular weight is 262 g/mol.